The fourth-order valence-electron chi connectivity index (χ4n) is 3.43. The number of anilines is 1. The topological polar surface area (TPSA) is 58.3 Å². The zero-order chi connectivity index (χ0) is 17.2. The number of benzene rings is 1. The summed E-state index contributed by atoms with van der Waals surface area (Å²) in [6.07, 6.45) is 1.66. The van der Waals surface area contributed by atoms with Crippen molar-refractivity contribution >= 4 is 39.0 Å². The normalized spacial score (nSPS) is 17.1. The molecule has 3 heterocycles. The second kappa shape index (κ2) is 7.25. The number of piperazine rings is 1. The van der Waals surface area contributed by atoms with Crippen LogP contribution in [-0.2, 0) is 0 Å². The molecule has 130 valence electrons. The summed E-state index contributed by atoms with van der Waals surface area (Å²) in [7, 11) is 0. The second-order valence-corrected chi connectivity index (χ2v) is 7.51. The minimum absolute atomic E-state index is 0.228. The summed E-state index contributed by atoms with van der Waals surface area (Å²) >= 11 is 7.71. The maximum absolute atomic E-state index is 6.07. The van der Waals surface area contributed by atoms with E-state index < -0.39 is 0 Å². The molecule has 0 amide bonds. The van der Waals surface area contributed by atoms with Crippen LogP contribution in [0.25, 0.3) is 10.2 Å². The Kier molecular flexibility index (Phi) is 4.85. The molecule has 1 unspecified atom stereocenters. The Hall–Kier alpha value is -1.73. The summed E-state index contributed by atoms with van der Waals surface area (Å²) in [5, 5.41) is 2.83. The molecule has 0 saturated carbocycles. The van der Waals surface area contributed by atoms with E-state index in [9.17, 15) is 0 Å². The minimum atomic E-state index is 0.228. The molecule has 1 atom stereocenters. The van der Waals surface area contributed by atoms with Gasteiger partial charge in [0.2, 0.25) is 0 Å². The number of thiophene rings is 1. The molecular weight excluding hydrogens is 354 g/mol. The van der Waals surface area contributed by atoms with Crippen LogP contribution in [-0.4, -0.2) is 47.6 Å². The van der Waals surface area contributed by atoms with E-state index in [2.05, 4.69) is 37.3 Å². The van der Waals surface area contributed by atoms with E-state index in [1.165, 1.54) is 10.3 Å². The lowest BCUT2D eigenvalue weighted by atomic mass is 10.0. The third kappa shape index (κ3) is 3.35. The van der Waals surface area contributed by atoms with Crippen molar-refractivity contribution in [3.63, 3.8) is 0 Å². The second-order valence-electron chi connectivity index (χ2n) is 6.16. The molecule has 3 aromatic rings. The van der Waals surface area contributed by atoms with Crippen LogP contribution in [0.15, 0.2) is 42.0 Å². The molecule has 1 fully saturated rings. The molecule has 0 spiro atoms. The largest absolute Gasteiger partial charge is 0.353 e. The van der Waals surface area contributed by atoms with Gasteiger partial charge in [-0.25, -0.2) is 9.97 Å². The van der Waals surface area contributed by atoms with Crippen molar-refractivity contribution in [1.82, 2.24) is 14.9 Å². The fourth-order valence-corrected chi connectivity index (χ4v) is 4.42. The number of hydrogen-bond acceptors (Lipinski definition) is 6. The van der Waals surface area contributed by atoms with Crippen LogP contribution in [0.3, 0.4) is 0 Å². The molecular formula is C18H20ClN5S. The van der Waals surface area contributed by atoms with Gasteiger partial charge in [-0.3, -0.25) is 4.90 Å². The molecule has 25 heavy (non-hydrogen) atoms. The smallest absolute Gasteiger partial charge is 0.150 e. The van der Waals surface area contributed by atoms with E-state index in [1.807, 2.05) is 18.2 Å². The highest BCUT2D eigenvalue weighted by molar-refractivity contribution is 7.17. The summed E-state index contributed by atoms with van der Waals surface area (Å²) in [6, 6.07) is 10.3. The average Bonchev–Trinajstić information content (AvgIpc) is 3.13. The SMILES string of the molecule is NCC(c1ccc(Cl)cc1)N1CCN(c2ncnc3ccsc23)CC1. The Morgan fingerprint density at radius 1 is 1.08 bits per heavy atom. The highest BCUT2D eigenvalue weighted by atomic mass is 35.5. The Balaban J connectivity index is 1.49. The van der Waals surface area contributed by atoms with E-state index in [0.29, 0.717) is 6.54 Å². The monoisotopic (exact) mass is 373 g/mol. The molecule has 5 nitrogen and oxygen atoms in total. The summed E-state index contributed by atoms with van der Waals surface area (Å²) in [5.74, 6) is 1.05. The maximum Gasteiger partial charge on any atom is 0.150 e. The van der Waals surface area contributed by atoms with Gasteiger partial charge < -0.3 is 10.6 Å². The van der Waals surface area contributed by atoms with Crippen molar-refractivity contribution in [3.8, 4) is 0 Å². The average molecular weight is 374 g/mol. The number of fused-ring (bicyclic) bond motifs is 1. The van der Waals surface area contributed by atoms with Gasteiger partial charge in [0, 0.05) is 43.8 Å². The van der Waals surface area contributed by atoms with Gasteiger partial charge >= 0.3 is 0 Å². The summed E-state index contributed by atoms with van der Waals surface area (Å²) < 4.78 is 1.17. The van der Waals surface area contributed by atoms with Crippen molar-refractivity contribution in [3.05, 3.63) is 52.6 Å². The number of hydrogen-bond donors (Lipinski definition) is 1. The lowest BCUT2D eigenvalue weighted by molar-refractivity contribution is 0.190. The van der Waals surface area contributed by atoms with Crippen molar-refractivity contribution in [2.45, 2.75) is 6.04 Å². The Morgan fingerprint density at radius 3 is 2.56 bits per heavy atom. The van der Waals surface area contributed by atoms with Crippen LogP contribution >= 0.6 is 22.9 Å². The molecule has 2 aromatic heterocycles. The van der Waals surface area contributed by atoms with Crippen LogP contribution in [0.1, 0.15) is 11.6 Å². The van der Waals surface area contributed by atoms with Gasteiger partial charge in [0.1, 0.15) is 12.1 Å². The van der Waals surface area contributed by atoms with Crippen molar-refractivity contribution in [2.75, 3.05) is 37.6 Å². The standard InChI is InChI=1S/C18H20ClN5S/c19-14-3-1-13(2-4-14)16(11-20)23-6-8-24(9-7-23)18-17-15(5-10-25-17)21-12-22-18/h1-5,10,12,16H,6-9,11,20H2. The molecule has 7 heteroatoms. The van der Waals surface area contributed by atoms with Gasteiger partial charge in [-0.2, -0.15) is 0 Å². The minimum Gasteiger partial charge on any atom is -0.353 e. The van der Waals surface area contributed by atoms with Gasteiger partial charge in [0.25, 0.3) is 0 Å². The number of rotatable bonds is 4. The number of aromatic nitrogens is 2. The van der Waals surface area contributed by atoms with Gasteiger partial charge in [-0.1, -0.05) is 23.7 Å². The lowest BCUT2D eigenvalue weighted by Crippen LogP contribution is -2.49. The predicted molar refractivity (Wildman–Crippen MR) is 104 cm³/mol. The molecule has 1 aromatic carbocycles. The molecule has 2 N–H and O–H groups in total. The van der Waals surface area contributed by atoms with E-state index in [0.717, 1.165) is 42.5 Å². The maximum atomic E-state index is 6.07. The lowest BCUT2D eigenvalue weighted by Gasteiger charge is -2.39. The van der Waals surface area contributed by atoms with Crippen LogP contribution in [0.4, 0.5) is 5.82 Å². The van der Waals surface area contributed by atoms with E-state index in [-0.39, 0.29) is 6.04 Å². The first kappa shape index (κ1) is 16.7. The molecule has 1 saturated heterocycles. The molecule has 0 aliphatic carbocycles. The molecule has 4 rings (SSSR count). The third-order valence-corrected chi connectivity index (χ3v) is 5.91. The zero-order valence-electron chi connectivity index (χ0n) is 13.8. The van der Waals surface area contributed by atoms with Crippen molar-refractivity contribution in [2.24, 2.45) is 5.73 Å². The first-order valence-electron chi connectivity index (χ1n) is 8.39. The number of nitrogens with two attached hydrogens (primary N) is 1. The Morgan fingerprint density at radius 2 is 1.84 bits per heavy atom. The van der Waals surface area contributed by atoms with Crippen LogP contribution < -0.4 is 10.6 Å². The van der Waals surface area contributed by atoms with Crippen molar-refractivity contribution < 1.29 is 0 Å². The zero-order valence-corrected chi connectivity index (χ0v) is 15.4. The quantitative estimate of drug-likeness (QED) is 0.761. The molecule has 0 radical (unpaired) electrons. The first-order chi connectivity index (χ1) is 12.3. The van der Waals surface area contributed by atoms with Gasteiger partial charge in [0.05, 0.1) is 10.2 Å². The summed E-state index contributed by atoms with van der Waals surface area (Å²) in [4.78, 5) is 13.7. The van der Waals surface area contributed by atoms with Crippen molar-refractivity contribution in [1.29, 1.82) is 0 Å². The van der Waals surface area contributed by atoms with Crippen LogP contribution in [0, 0.1) is 0 Å². The molecule has 1 aliphatic heterocycles. The summed E-state index contributed by atoms with van der Waals surface area (Å²) in [5.41, 5.74) is 8.32. The fraction of sp³-hybridized carbons (Fsp3) is 0.333. The van der Waals surface area contributed by atoms with E-state index in [4.69, 9.17) is 17.3 Å². The third-order valence-electron chi connectivity index (χ3n) is 4.76. The first-order valence-corrected chi connectivity index (χ1v) is 9.65. The highest BCUT2D eigenvalue weighted by Gasteiger charge is 2.25. The Bertz CT molecular complexity index is 842. The highest BCUT2D eigenvalue weighted by Crippen LogP contribution is 2.30. The molecule has 1 aliphatic rings. The van der Waals surface area contributed by atoms with E-state index >= 15 is 0 Å². The van der Waals surface area contributed by atoms with E-state index in [1.54, 1.807) is 17.7 Å². The Labute approximate surface area is 156 Å². The van der Waals surface area contributed by atoms with Crippen LogP contribution in [0.5, 0.6) is 0 Å². The molecule has 0 bridgehead atoms. The van der Waals surface area contributed by atoms with Gasteiger partial charge in [0.15, 0.2) is 0 Å². The number of nitrogens with zero attached hydrogens (tertiary/aromatic N) is 4. The number of halogens is 1. The van der Waals surface area contributed by atoms with Gasteiger partial charge in [-0.05, 0) is 29.1 Å². The van der Waals surface area contributed by atoms with Crippen LogP contribution in [0.2, 0.25) is 5.02 Å². The predicted octanol–water partition coefficient (Wildman–Crippen LogP) is 3.17. The van der Waals surface area contributed by atoms with Gasteiger partial charge in [-0.15, -0.1) is 11.3 Å². The summed E-state index contributed by atoms with van der Waals surface area (Å²) in [6.45, 7) is 4.40.